The number of benzene rings is 9. The molecule has 0 saturated carbocycles. The molecule has 1 saturated heterocycles. The van der Waals surface area contributed by atoms with Gasteiger partial charge in [-0.2, -0.15) is 0 Å². The van der Waals surface area contributed by atoms with Crippen molar-refractivity contribution in [1.29, 1.82) is 0 Å². The molecule has 0 bridgehead atoms. The van der Waals surface area contributed by atoms with Crippen molar-refractivity contribution >= 4 is 99.0 Å². The van der Waals surface area contributed by atoms with E-state index in [0.717, 1.165) is 11.2 Å². The normalized spacial score (nSPS) is 15.8. The zero-order chi connectivity index (χ0) is 34.9. The van der Waals surface area contributed by atoms with Crippen molar-refractivity contribution in [3.63, 3.8) is 0 Å². The second kappa shape index (κ2) is 10.4. The lowest BCUT2D eigenvalue weighted by atomic mass is 9.77. The standard InChI is InChI=1S/C48H36BNO2/c1-47(2)48(3,4)52-49(51-47)30-23-25-36-39(26-30)33-18-10-11-19-34(33)40-27-42-43(28-41(36)40)50(31-15-6-5-7-16-31)46-38-21-13-12-20-35(38)37-24-22-29-14-8-9-17-32(29)44(37)45(42)46/h5-28H,1-4H3. The highest BCUT2D eigenvalue weighted by atomic mass is 16.7. The zero-order valence-electron chi connectivity index (χ0n) is 29.7. The first-order chi connectivity index (χ1) is 25.3. The maximum absolute atomic E-state index is 6.53. The second-order valence-corrected chi connectivity index (χ2v) is 15.5. The third kappa shape index (κ3) is 3.99. The fraction of sp³-hybridized carbons (Fsp3) is 0.125. The largest absolute Gasteiger partial charge is 0.494 e. The van der Waals surface area contributed by atoms with Gasteiger partial charge < -0.3 is 13.9 Å². The summed E-state index contributed by atoms with van der Waals surface area (Å²) in [6, 6.07) is 53.8. The molecule has 0 N–H and O–H groups in total. The number of fused-ring (bicyclic) bond motifs is 16. The maximum Gasteiger partial charge on any atom is 0.494 e. The van der Waals surface area contributed by atoms with E-state index in [0.29, 0.717) is 0 Å². The molecule has 1 fully saturated rings. The van der Waals surface area contributed by atoms with Gasteiger partial charge in [0.25, 0.3) is 0 Å². The summed E-state index contributed by atoms with van der Waals surface area (Å²) in [7, 11) is -0.427. The van der Waals surface area contributed by atoms with Gasteiger partial charge in [-0.1, -0.05) is 121 Å². The van der Waals surface area contributed by atoms with Crippen molar-refractivity contribution in [2.24, 2.45) is 0 Å². The third-order valence-corrected chi connectivity index (χ3v) is 12.1. The summed E-state index contributed by atoms with van der Waals surface area (Å²) < 4.78 is 15.6. The highest BCUT2D eigenvalue weighted by Crippen LogP contribution is 2.47. The van der Waals surface area contributed by atoms with Crippen LogP contribution in [0.2, 0.25) is 0 Å². The molecule has 0 spiro atoms. The Balaban J connectivity index is 1.34. The van der Waals surface area contributed by atoms with Crippen LogP contribution >= 0.6 is 0 Å². The molecule has 0 atom stereocenters. The van der Waals surface area contributed by atoms with Gasteiger partial charge in [0.1, 0.15) is 0 Å². The molecule has 11 rings (SSSR count). The van der Waals surface area contributed by atoms with Gasteiger partial charge in [0.15, 0.2) is 0 Å². The van der Waals surface area contributed by atoms with Crippen LogP contribution in [0.1, 0.15) is 27.7 Å². The summed E-state index contributed by atoms with van der Waals surface area (Å²) in [5.74, 6) is 0. The summed E-state index contributed by atoms with van der Waals surface area (Å²) in [6.45, 7) is 8.46. The molecule has 0 radical (unpaired) electrons. The van der Waals surface area contributed by atoms with E-state index >= 15 is 0 Å². The average Bonchev–Trinajstić information content (AvgIpc) is 3.62. The molecule has 3 nitrogen and oxygen atoms in total. The molecule has 1 aliphatic rings. The van der Waals surface area contributed by atoms with Crippen LogP contribution in [0.15, 0.2) is 146 Å². The van der Waals surface area contributed by atoms with Crippen LogP contribution in [-0.4, -0.2) is 22.9 Å². The predicted molar refractivity (Wildman–Crippen MR) is 222 cm³/mol. The average molecular weight is 670 g/mol. The number of hydrogen-bond acceptors (Lipinski definition) is 2. The molecule has 0 unspecified atom stereocenters. The highest BCUT2D eigenvalue weighted by Gasteiger charge is 2.51. The van der Waals surface area contributed by atoms with E-state index < -0.39 is 18.3 Å². The molecule has 10 aromatic rings. The molecule has 4 heteroatoms. The number of hydrogen-bond donors (Lipinski definition) is 0. The Bertz CT molecular complexity index is 3120. The van der Waals surface area contributed by atoms with Crippen LogP contribution in [-0.2, 0) is 9.31 Å². The Morgan fingerprint density at radius 2 is 0.962 bits per heavy atom. The molecule has 0 amide bonds. The molecule has 1 aliphatic heterocycles. The molecule has 9 aromatic carbocycles. The lowest BCUT2D eigenvalue weighted by Crippen LogP contribution is -2.41. The Hall–Kier alpha value is -5.68. The van der Waals surface area contributed by atoms with E-state index in [1.165, 1.54) is 86.4 Å². The fourth-order valence-electron chi connectivity index (χ4n) is 8.92. The third-order valence-electron chi connectivity index (χ3n) is 12.1. The quantitative estimate of drug-likeness (QED) is 0.135. The van der Waals surface area contributed by atoms with Crippen LogP contribution in [0.4, 0.5) is 0 Å². The summed E-state index contributed by atoms with van der Waals surface area (Å²) >= 11 is 0. The minimum absolute atomic E-state index is 0.409. The topological polar surface area (TPSA) is 23.4 Å². The van der Waals surface area contributed by atoms with Gasteiger partial charge in [0.05, 0.1) is 22.2 Å². The van der Waals surface area contributed by atoms with Crippen LogP contribution in [0.3, 0.4) is 0 Å². The number of rotatable bonds is 2. The highest BCUT2D eigenvalue weighted by molar-refractivity contribution is 6.62. The van der Waals surface area contributed by atoms with Gasteiger partial charge in [-0.15, -0.1) is 0 Å². The first kappa shape index (κ1) is 30.0. The van der Waals surface area contributed by atoms with Crippen LogP contribution < -0.4 is 5.46 Å². The van der Waals surface area contributed by atoms with Gasteiger partial charge in [-0.3, -0.25) is 0 Å². The van der Waals surface area contributed by atoms with Gasteiger partial charge in [-0.25, -0.2) is 0 Å². The SMILES string of the molecule is CC1(C)OB(c2ccc3c(c2)c2ccccc2c2cc4c5c6c7ccccc7ccc6c6ccccc6c5n(-c5ccccc5)c4cc32)OC1(C)C. The van der Waals surface area contributed by atoms with E-state index in [-0.39, 0.29) is 0 Å². The lowest BCUT2D eigenvalue weighted by Gasteiger charge is -2.32. The van der Waals surface area contributed by atoms with Crippen molar-refractivity contribution in [2.45, 2.75) is 38.9 Å². The molecule has 0 aliphatic carbocycles. The first-order valence-electron chi connectivity index (χ1n) is 18.3. The minimum atomic E-state index is -0.427. The van der Waals surface area contributed by atoms with E-state index in [9.17, 15) is 0 Å². The van der Waals surface area contributed by atoms with E-state index in [1.54, 1.807) is 0 Å². The summed E-state index contributed by atoms with van der Waals surface area (Å²) in [4.78, 5) is 0. The first-order valence-corrected chi connectivity index (χ1v) is 18.3. The maximum atomic E-state index is 6.53. The van der Waals surface area contributed by atoms with Crippen molar-refractivity contribution < 1.29 is 9.31 Å². The molecule has 2 heterocycles. The Morgan fingerprint density at radius 1 is 0.423 bits per heavy atom. The van der Waals surface area contributed by atoms with Crippen molar-refractivity contribution in [1.82, 2.24) is 4.57 Å². The van der Waals surface area contributed by atoms with Crippen LogP contribution in [0.25, 0.3) is 92.1 Å². The van der Waals surface area contributed by atoms with E-state index in [1.807, 2.05) is 0 Å². The van der Waals surface area contributed by atoms with Gasteiger partial charge >= 0.3 is 7.12 Å². The summed E-state index contributed by atoms with van der Waals surface area (Å²) in [6.07, 6.45) is 0. The van der Waals surface area contributed by atoms with Crippen LogP contribution in [0.5, 0.6) is 0 Å². The zero-order valence-corrected chi connectivity index (χ0v) is 29.7. The van der Waals surface area contributed by atoms with Crippen molar-refractivity contribution in [3.8, 4) is 5.69 Å². The molecule has 1 aromatic heterocycles. The summed E-state index contributed by atoms with van der Waals surface area (Å²) in [5, 5.41) is 17.6. The van der Waals surface area contributed by atoms with Gasteiger partial charge in [0.2, 0.25) is 0 Å². The number of aromatic nitrogens is 1. The Kier molecular flexibility index (Phi) is 6.03. The predicted octanol–water partition coefficient (Wildman–Crippen LogP) is 12.0. The number of para-hydroxylation sites is 1. The molecule has 52 heavy (non-hydrogen) atoms. The summed E-state index contributed by atoms with van der Waals surface area (Å²) in [5.41, 5.74) is 3.82. The lowest BCUT2D eigenvalue weighted by molar-refractivity contribution is 0.00578. The molecule has 248 valence electrons. The molecular formula is C48H36BNO2. The Labute approximate surface area is 302 Å². The number of nitrogens with zero attached hydrogens (tertiary/aromatic N) is 1. The van der Waals surface area contributed by atoms with Gasteiger partial charge in [0, 0.05) is 27.2 Å². The van der Waals surface area contributed by atoms with E-state index in [2.05, 4.69) is 178 Å². The second-order valence-electron chi connectivity index (χ2n) is 15.5. The monoisotopic (exact) mass is 669 g/mol. The Morgan fingerprint density at radius 3 is 1.67 bits per heavy atom. The van der Waals surface area contributed by atoms with Gasteiger partial charge in [-0.05, 0) is 111 Å². The molecular weight excluding hydrogens is 633 g/mol. The van der Waals surface area contributed by atoms with Crippen LogP contribution in [0, 0.1) is 0 Å². The van der Waals surface area contributed by atoms with E-state index in [4.69, 9.17) is 9.31 Å². The minimum Gasteiger partial charge on any atom is -0.399 e. The smallest absolute Gasteiger partial charge is 0.399 e. The fourth-order valence-corrected chi connectivity index (χ4v) is 8.92. The van der Waals surface area contributed by atoms with Crippen molar-refractivity contribution in [3.05, 3.63) is 146 Å². The van der Waals surface area contributed by atoms with Crippen molar-refractivity contribution in [2.75, 3.05) is 0 Å².